The normalized spacial score (nSPS) is 13.3. The van der Waals surface area contributed by atoms with Gasteiger partial charge in [-0.2, -0.15) is 0 Å². The van der Waals surface area contributed by atoms with Crippen molar-refractivity contribution in [3.05, 3.63) is 109 Å². The van der Waals surface area contributed by atoms with Crippen molar-refractivity contribution in [3.63, 3.8) is 0 Å². The highest BCUT2D eigenvalue weighted by molar-refractivity contribution is 6.92. The molecule has 8 rings (SSSR count). The smallest absolute Gasteiger partial charge is 0.329 e. The van der Waals surface area contributed by atoms with Crippen LogP contribution in [0.2, 0.25) is 0 Å². The topological polar surface area (TPSA) is 16.4 Å². The Morgan fingerprint density at radius 2 is 1.18 bits per heavy atom. The summed E-state index contributed by atoms with van der Waals surface area (Å²) >= 11 is 0. The molecule has 2 aliphatic heterocycles. The van der Waals surface area contributed by atoms with E-state index in [0.717, 1.165) is 11.2 Å². The van der Waals surface area contributed by atoms with Crippen LogP contribution >= 0.6 is 0 Å². The number of rotatable bonds is 0. The van der Waals surface area contributed by atoms with Crippen molar-refractivity contribution in [1.29, 1.82) is 0 Å². The van der Waals surface area contributed by atoms with Crippen LogP contribution in [0.5, 0.6) is 0 Å². The predicted molar refractivity (Wildman–Crippen MR) is 138 cm³/mol. The maximum absolute atomic E-state index is 6.28. The minimum absolute atomic E-state index is 0.135. The van der Waals surface area contributed by atoms with Crippen LogP contribution in [0.25, 0.3) is 44.2 Å². The summed E-state index contributed by atoms with van der Waals surface area (Å²) in [5.41, 5.74) is 12.2. The molecule has 3 heteroatoms. The van der Waals surface area contributed by atoms with E-state index in [2.05, 4.69) is 108 Å². The Hall–Kier alpha value is -4.24. The number of hydrogen-bond donors (Lipinski definition) is 0. The first-order valence-electron chi connectivity index (χ1n) is 11.4. The lowest BCUT2D eigenvalue weighted by Crippen LogP contribution is -2.59. The predicted octanol–water partition coefficient (Wildman–Crippen LogP) is 6.49. The highest BCUT2D eigenvalue weighted by Crippen LogP contribution is 2.49. The summed E-state index contributed by atoms with van der Waals surface area (Å²) in [6, 6.07) is 39.3. The molecule has 0 saturated heterocycles. The number of anilines is 2. The van der Waals surface area contributed by atoms with Gasteiger partial charge in [-0.3, -0.25) is 0 Å². The SMILES string of the molecule is c1ccc2c(c1)B1c3ccccc3-c3c(ccc4oc5ccccc5c34)N1c1ccccc1-2. The van der Waals surface area contributed by atoms with Crippen molar-refractivity contribution >= 4 is 51.1 Å². The molecule has 0 radical (unpaired) electrons. The monoisotopic (exact) mass is 419 g/mol. The Labute approximate surface area is 191 Å². The molecular weight excluding hydrogens is 401 g/mol. The summed E-state index contributed by atoms with van der Waals surface area (Å²) in [4.78, 5) is 2.54. The molecule has 6 aromatic rings. The Morgan fingerprint density at radius 3 is 2.06 bits per heavy atom. The number of benzene rings is 5. The van der Waals surface area contributed by atoms with E-state index < -0.39 is 0 Å². The van der Waals surface area contributed by atoms with Crippen LogP contribution in [0.15, 0.2) is 114 Å². The molecule has 33 heavy (non-hydrogen) atoms. The van der Waals surface area contributed by atoms with Gasteiger partial charge in [0.25, 0.3) is 0 Å². The molecule has 0 bridgehead atoms. The number of para-hydroxylation sites is 2. The molecule has 0 N–H and O–H groups in total. The Balaban J connectivity index is 1.57. The van der Waals surface area contributed by atoms with Crippen LogP contribution < -0.4 is 15.7 Å². The van der Waals surface area contributed by atoms with E-state index in [1.54, 1.807) is 0 Å². The summed E-state index contributed by atoms with van der Waals surface area (Å²) in [6.07, 6.45) is 0. The fourth-order valence-corrected chi connectivity index (χ4v) is 5.99. The van der Waals surface area contributed by atoms with Crippen LogP contribution in [0.4, 0.5) is 11.4 Å². The van der Waals surface area contributed by atoms with E-state index in [0.29, 0.717) is 0 Å². The zero-order valence-corrected chi connectivity index (χ0v) is 17.8. The molecule has 0 spiro atoms. The van der Waals surface area contributed by atoms with Crippen LogP contribution in [-0.4, -0.2) is 6.85 Å². The van der Waals surface area contributed by atoms with Gasteiger partial charge < -0.3 is 9.23 Å². The van der Waals surface area contributed by atoms with E-state index in [1.165, 1.54) is 55.3 Å². The molecular formula is C30H18BNO. The third kappa shape index (κ3) is 2.14. The van der Waals surface area contributed by atoms with Gasteiger partial charge in [0.2, 0.25) is 0 Å². The molecule has 1 aromatic heterocycles. The summed E-state index contributed by atoms with van der Waals surface area (Å²) in [6.45, 7) is 0.135. The number of fused-ring (bicyclic) bond motifs is 15. The third-order valence-electron chi connectivity index (χ3n) is 7.27. The quantitative estimate of drug-likeness (QED) is 0.262. The number of hydrogen-bond acceptors (Lipinski definition) is 2. The molecule has 2 nitrogen and oxygen atoms in total. The van der Waals surface area contributed by atoms with Crippen molar-refractivity contribution in [2.75, 3.05) is 4.81 Å². The molecule has 2 aliphatic rings. The molecule has 0 atom stereocenters. The summed E-state index contributed by atoms with van der Waals surface area (Å²) in [7, 11) is 0. The average Bonchev–Trinajstić information content (AvgIpc) is 3.27. The Kier molecular flexibility index (Phi) is 3.24. The molecule has 0 saturated carbocycles. The lowest BCUT2D eigenvalue weighted by Gasteiger charge is -2.43. The highest BCUT2D eigenvalue weighted by atomic mass is 16.3. The first-order valence-corrected chi connectivity index (χ1v) is 11.4. The number of furan rings is 1. The van der Waals surface area contributed by atoms with Gasteiger partial charge >= 0.3 is 6.85 Å². The van der Waals surface area contributed by atoms with Gasteiger partial charge in [0, 0.05) is 33.3 Å². The van der Waals surface area contributed by atoms with Crippen molar-refractivity contribution in [3.8, 4) is 22.3 Å². The third-order valence-corrected chi connectivity index (χ3v) is 7.27. The highest BCUT2D eigenvalue weighted by Gasteiger charge is 2.42. The van der Waals surface area contributed by atoms with Gasteiger partial charge in [-0.15, -0.1) is 0 Å². The number of nitrogens with zero attached hydrogens (tertiary/aromatic N) is 1. The minimum atomic E-state index is 0.135. The lowest BCUT2D eigenvalue weighted by molar-refractivity contribution is 0.669. The first kappa shape index (κ1) is 17.3. The van der Waals surface area contributed by atoms with E-state index in [4.69, 9.17) is 4.42 Å². The first-order chi connectivity index (χ1) is 16.4. The van der Waals surface area contributed by atoms with E-state index >= 15 is 0 Å². The fraction of sp³-hybridized carbons (Fsp3) is 0. The molecule has 152 valence electrons. The van der Waals surface area contributed by atoms with Gasteiger partial charge in [-0.25, -0.2) is 0 Å². The maximum Gasteiger partial charge on any atom is 0.329 e. The molecule has 3 heterocycles. The van der Waals surface area contributed by atoms with Crippen LogP contribution in [-0.2, 0) is 0 Å². The Bertz CT molecular complexity index is 1750. The van der Waals surface area contributed by atoms with E-state index in [9.17, 15) is 0 Å². The van der Waals surface area contributed by atoms with E-state index in [-0.39, 0.29) is 6.85 Å². The molecule has 0 unspecified atom stereocenters. The van der Waals surface area contributed by atoms with Crippen molar-refractivity contribution < 1.29 is 4.42 Å². The van der Waals surface area contributed by atoms with Gasteiger partial charge in [-0.05, 0) is 46.3 Å². The summed E-state index contributed by atoms with van der Waals surface area (Å²) < 4.78 is 6.28. The van der Waals surface area contributed by atoms with Crippen LogP contribution in [0.1, 0.15) is 0 Å². The van der Waals surface area contributed by atoms with Crippen molar-refractivity contribution in [1.82, 2.24) is 0 Å². The molecule has 5 aromatic carbocycles. The van der Waals surface area contributed by atoms with E-state index in [1.807, 2.05) is 6.07 Å². The van der Waals surface area contributed by atoms with Gasteiger partial charge in [0.15, 0.2) is 0 Å². The second-order valence-electron chi connectivity index (χ2n) is 8.90. The van der Waals surface area contributed by atoms with Crippen LogP contribution in [0, 0.1) is 0 Å². The van der Waals surface area contributed by atoms with Crippen molar-refractivity contribution in [2.24, 2.45) is 0 Å². The standard InChI is InChI=1S/C30H18BNO/c1-5-13-23-19(9-1)20-10-3-7-15-25(20)32-26-17-18-28-30(22-12-4-8-16-27(22)33-28)29(26)21-11-2-6-14-24(21)31(23)32/h1-18H. The maximum atomic E-state index is 6.28. The molecule has 0 fully saturated rings. The second kappa shape index (κ2) is 6.17. The second-order valence-corrected chi connectivity index (χ2v) is 8.90. The zero-order chi connectivity index (χ0) is 21.5. The zero-order valence-electron chi connectivity index (χ0n) is 17.8. The van der Waals surface area contributed by atoms with Gasteiger partial charge in [0.05, 0.1) is 0 Å². The fourth-order valence-electron chi connectivity index (χ4n) is 5.99. The summed E-state index contributed by atoms with van der Waals surface area (Å²) in [5, 5.41) is 2.37. The van der Waals surface area contributed by atoms with Crippen LogP contribution in [0.3, 0.4) is 0 Å². The lowest BCUT2D eigenvalue weighted by atomic mass is 9.43. The van der Waals surface area contributed by atoms with Gasteiger partial charge in [-0.1, -0.05) is 84.9 Å². The molecule has 0 aliphatic carbocycles. The van der Waals surface area contributed by atoms with Crippen molar-refractivity contribution in [2.45, 2.75) is 0 Å². The Morgan fingerprint density at radius 1 is 0.515 bits per heavy atom. The summed E-state index contributed by atoms with van der Waals surface area (Å²) in [5.74, 6) is 0. The average molecular weight is 419 g/mol. The largest absolute Gasteiger partial charge is 0.456 e. The molecule has 0 amide bonds. The van der Waals surface area contributed by atoms with Gasteiger partial charge in [0.1, 0.15) is 11.2 Å². The minimum Gasteiger partial charge on any atom is -0.456 e.